The van der Waals surface area contributed by atoms with Crippen molar-refractivity contribution in [3.63, 3.8) is 0 Å². The summed E-state index contributed by atoms with van der Waals surface area (Å²) in [4.78, 5) is 0. The lowest BCUT2D eigenvalue weighted by Crippen LogP contribution is -1.89. The van der Waals surface area contributed by atoms with Gasteiger partial charge in [-0.1, -0.05) is 0 Å². The summed E-state index contributed by atoms with van der Waals surface area (Å²) in [6, 6.07) is 7.56. The van der Waals surface area contributed by atoms with E-state index in [0.717, 1.165) is 11.3 Å². The Morgan fingerprint density at radius 3 is 2.75 bits per heavy atom. The summed E-state index contributed by atoms with van der Waals surface area (Å²) >= 11 is 4.95. The van der Waals surface area contributed by atoms with Gasteiger partial charge in [-0.25, -0.2) is 0 Å². The number of H-pyrrole nitrogens is 1. The van der Waals surface area contributed by atoms with Crippen LogP contribution >= 0.6 is 12.2 Å². The molecule has 82 valence electrons. The van der Waals surface area contributed by atoms with Gasteiger partial charge in [0, 0.05) is 0 Å². The van der Waals surface area contributed by atoms with E-state index in [1.165, 1.54) is 11.0 Å². The molecule has 0 bridgehead atoms. The van der Waals surface area contributed by atoms with Crippen LogP contribution < -0.4 is 4.74 Å². The zero-order chi connectivity index (χ0) is 11.4. The molecule has 16 heavy (non-hydrogen) atoms. The SMILES string of the molecule is COc1ccc(/C=N/n2cn[nH]c2=S)cc1. The average Bonchev–Trinajstić information content (AvgIpc) is 2.73. The number of aromatic amines is 1. The Morgan fingerprint density at radius 2 is 2.19 bits per heavy atom. The van der Waals surface area contributed by atoms with Crippen molar-refractivity contribution in [2.75, 3.05) is 7.11 Å². The van der Waals surface area contributed by atoms with Gasteiger partial charge in [0.25, 0.3) is 0 Å². The molecular formula is C10H10N4OS. The number of rotatable bonds is 3. The van der Waals surface area contributed by atoms with Crippen molar-refractivity contribution in [2.24, 2.45) is 5.10 Å². The highest BCUT2D eigenvalue weighted by molar-refractivity contribution is 7.71. The van der Waals surface area contributed by atoms with Gasteiger partial charge in [0.05, 0.1) is 13.3 Å². The third kappa shape index (κ3) is 2.34. The summed E-state index contributed by atoms with van der Waals surface area (Å²) in [5, 5.41) is 10.5. The molecule has 2 rings (SSSR count). The van der Waals surface area contributed by atoms with Crippen molar-refractivity contribution in [3.05, 3.63) is 40.9 Å². The lowest BCUT2D eigenvalue weighted by Gasteiger charge is -1.98. The molecule has 0 atom stereocenters. The molecule has 0 spiro atoms. The number of nitrogens with one attached hydrogen (secondary N) is 1. The number of hydrogen-bond acceptors (Lipinski definition) is 4. The molecule has 0 amide bonds. The van der Waals surface area contributed by atoms with Gasteiger partial charge >= 0.3 is 0 Å². The Labute approximate surface area is 97.4 Å². The van der Waals surface area contributed by atoms with Crippen LogP contribution in [0, 0.1) is 4.77 Å². The van der Waals surface area contributed by atoms with Crippen LogP contribution in [0.2, 0.25) is 0 Å². The molecule has 0 aliphatic rings. The zero-order valence-electron chi connectivity index (χ0n) is 8.62. The van der Waals surface area contributed by atoms with E-state index < -0.39 is 0 Å². The van der Waals surface area contributed by atoms with E-state index in [9.17, 15) is 0 Å². The minimum absolute atomic E-state index is 0.463. The molecule has 2 aromatic rings. The van der Waals surface area contributed by atoms with Crippen LogP contribution in [0.5, 0.6) is 5.75 Å². The summed E-state index contributed by atoms with van der Waals surface area (Å²) in [6.45, 7) is 0. The third-order valence-electron chi connectivity index (χ3n) is 1.98. The van der Waals surface area contributed by atoms with Crippen molar-refractivity contribution in [3.8, 4) is 5.75 Å². The van der Waals surface area contributed by atoms with E-state index in [-0.39, 0.29) is 0 Å². The quantitative estimate of drug-likeness (QED) is 0.651. The van der Waals surface area contributed by atoms with Gasteiger partial charge in [0.1, 0.15) is 12.1 Å². The molecule has 0 aliphatic heterocycles. The van der Waals surface area contributed by atoms with Crippen molar-refractivity contribution in [1.82, 2.24) is 14.9 Å². The van der Waals surface area contributed by atoms with E-state index >= 15 is 0 Å². The van der Waals surface area contributed by atoms with Gasteiger partial charge in [0.2, 0.25) is 4.77 Å². The predicted molar refractivity (Wildman–Crippen MR) is 63.4 cm³/mol. The van der Waals surface area contributed by atoms with E-state index in [4.69, 9.17) is 17.0 Å². The van der Waals surface area contributed by atoms with Gasteiger partial charge in [-0.3, -0.25) is 5.10 Å². The molecule has 5 nitrogen and oxygen atoms in total. The number of aromatic nitrogens is 3. The highest BCUT2D eigenvalue weighted by atomic mass is 32.1. The van der Waals surface area contributed by atoms with Crippen molar-refractivity contribution in [2.45, 2.75) is 0 Å². The second-order valence-electron chi connectivity index (χ2n) is 3.02. The zero-order valence-corrected chi connectivity index (χ0v) is 9.44. The Hall–Kier alpha value is -1.95. The van der Waals surface area contributed by atoms with E-state index in [1.807, 2.05) is 24.3 Å². The summed E-state index contributed by atoms with van der Waals surface area (Å²) in [7, 11) is 1.63. The van der Waals surface area contributed by atoms with Crippen LogP contribution in [0.15, 0.2) is 35.7 Å². The highest BCUT2D eigenvalue weighted by Crippen LogP contribution is 2.09. The smallest absolute Gasteiger partial charge is 0.216 e. The average molecular weight is 234 g/mol. The molecule has 0 fully saturated rings. The largest absolute Gasteiger partial charge is 0.497 e. The molecular weight excluding hydrogens is 224 g/mol. The Kier molecular flexibility index (Phi) is 3.11. The molecule has 6 heteroatoms. The summed E-state index contributed by atoms with van der Waals surface area (Å²) in [5.74, 6) is 0.817. The van der Waals surface area contributed by atoms with Crippen molar-refractivity contribution in [1.29, 1.82) is 0 Å². The third-order valence-corrected chi connectivity index (χ3v) is 2.26. The number of nitrogens with zero attached hydrogens (tertiary/aromatic N) is 3. The van der Waals surface area contributed by atoms with E-state index in [1.54, 1.807) is 13.3 Å². The maximum absolute atomic E-state index is 5.06. The Bertz CT molecular complexity index is 540. The first-order valence-electron chi connectivity index (χ1n) is 4.60. The molecule has 0 radical (unpaired) electrons. The van der Waals surface area contributed by atoms with Crippen LogP contribution in [0.1, 0.15) is 5.56 Å². The molecule has 0 saturated heterocycles. The fourth-order valence-electron chi connectivity index (χ4n) is 1.14. The maximum Gasteiger partial charge on any atom is 0.216 e. The predicted octanol–water partition coefficient (Wildman–Crippen LogP) is 1.83. The topological polar surface area (TPSA) is 55.2 Å². The highest BCUT2D eigenvalue weighted by Gasteiger charge is 1.92. The summed E-state index contributed by atoms with van der Waals surface area (Å²) in [6.07, 6.45) is 3.22. The first-order chi connectivity index (χ1) is 7.79. The molecule has 0 saturated carbocycles. The maximum atomic E-state index is 5.06. The first-order valence-corrected chi connectivity index (χ1v) is 5.01. The van der Waals surface area contributed by atoms with Crippen LogP contribution in [0.4, 0.5) is 0 Å². The minimum Gasteiger partial charge on any atom is -0.497 e. The normalized spacial score (nSPS) is 10.8. The van der Waals surface area contributed by atoms with Gasteiger partial charge in [-0.05, 0) is 42.0 Å². The van der Waals surface area contributed by atoms with Gasteiger partial charge in [0.15, 0.2) is 0 Å². The number of ether oxygens (including phenoxy) is 1. The van der Waals surface area contributed by atoms with Crippen molar-refractivity contribution >= 4 is 18.4 Å². The molecule has 0 aliphatic carbocycles. The minimum atomic E-state index is 0.463. The fraction of sp³-hybridized carbons (Fsp3) is 0.100. The monoisotopic (exact) mass is 234 g/mol. The van der Waals surface area contributed by atoms with Gasteiger partial charge < -0.3 is 4.74 Å². The second-order valence-corrected chi connectivity index (χ2v) is 3.41. The number of hydrogen-bond donors (Lipinski definition) is 1. The van der Waals surface area contributed by atoms with Crippen LogP contribution in [-0.2, 0) is 0 Å². The van der Waals surface area contributed by atoms with Gasteiger partial charge in [-0.15, -0.1) is 0 Å². The standard InChI is InChI=1S/C10H10N4OS/c1-15-9-4-2-8(3-5-9)6-12-14-7-11-13-10(14)16/h2-7H,1H3,(H,13,16)/b12-6+. The molecule has 0 unspecified atom stereocenters. The number of benzene rings is 1. The lowest BCUT2D eigenvalue weighted by molar-refractivity contribution is 0.415. The van der Waals surface area contributed by atoms with E-state index in [0.29, 0.717) is 4.77 Å². The fourth-order valence-corrected chi connectivity index (χ4v) is 1.29. The number of methoxy groups -OCH3 is 1. The molecule has 1 aromatic carbocycles. The van der Waals surface area contributed by atoms with Crippen molar-refractivity contribution < 1.29 is 4.74 Å². The Morgan fingerprint density at radius 1 is 1.44 bits per heavy atom. The molecule has 1 N–H and O–H groups in total. The van der Waals surface area contributed by atoms with E-state index in [2.05, 4.69) is 15.3 Å². The lowest BCUT2D eigenvalue weighted by atomic mass is 10.2. The molecule has 1 heterocycles. The summed E-state index contributed by atoms with van der Waals surface area (Å²) in [5.41, 5.74) is 0.962. The molecule has 1 aromatic heterocycles. The van der Waals surface area contributed by atoms with Gasteiger partial charge in [-0.2, -0.15) is 14.9 Å². The van der Waals surface area contributed by atoms with Crippen LogP contribution in [-0.4, -0.2) is 28.2 Å². The second kappa shape index (κ2) is 4.71. The van der Waals surface area contributed by atoms with Crippen LogP contribution in [0.25, 0.3) is 0 Å². The Balaban J connectivity index is 2.18. The van der Waals surface area contributed by atoms with Crippen LogP contribution in [0.3, 0.4) is 0 Å². The summed E-state index contributed by atoms with van der Waals surface area (Å²) < 4.78 is 7.01. The first kappa shape index (κ1) is 10.6.